The molecule has 0 amide bonds. The topological polar surface area (TPSA) is 69.7 Å². The molecule has 18 heavy (non-hydrogen) atoms. The van der Waals surface area contributed by atoms with Gasteiger partial charge in [0.05, 0.1) is 17.7 Å². The van der Waals surface area contributed by atoms with Crippen molar-refractivity contribution in [3.05, 3.63) is 41.0 Å². The first-order valence-corrected chi connectivity index (χ1v) is 5.37. The summed E-state index contributed by atoms with van der Waals surface area (Å²) in [7, 11) is 0. The van der Waals surface area contributed by atoms with Gasteiger partial charge in [-0.2, -0.15) is 0 Å². The molecule has 0 saturated heterocycles. The van der Waals surface area contributed by atoms with E-state index in [0.717, 1.165) is 0 Å². The molecule has 5 heteroatoms. The summed E-state index contributed by atoms with van der Waals surface area (Å²) in [5.41, 5.74) is 1.08. The molecule has 1 aromatic rings. The Bertz CT molecular complexity index is 557. The Morgan fingerprint density at radius 2 is 2.00 bits per heavy atom. The summed E-state index contributed by atoms with van der Waals surface area (Å²) in [6.45, 7) is 2.01. The lowest BCUT2D eigenvalue weighted by Gasteiger charge is -1.97. The van der Waals surface area contributed by atoms with Crippen LogP contribution in [0.5, 0.6) is 0 Å². The van der Waals surface area contributed by atoms with Gasteiger partial charge in [0.15, 0.2) is 0 Å². The van der Waals surface area contributed by atoms with Crippen molar-refractivity contribution in [2.75, 3.05) is 6.61 Å². The van der Waals surface area contributed by atoms with Crippen LogP contribution in [0, 0.1) is 0 Å². The molecule has 5 nitrogen and oxygen atoms in total. The lowest BCUT2D eigenvalue weighted by Crippen LogP contribution is -1.98. The molecule has 0 atom stereocenters. The van der Waals surface area contributed by atoms with Crippen molar-refractivity contribution >= 4 is 24.0 Å². The standard InChI is InChI=1S/C13H10O5/c1-2-17-11(14)6-4-8-3-5-9-10(7-8)13(16)18-12(9)15/h3-7H,2H2,1H3. The molecule has 0 N–H and O–H groups in total. The number of rotatable bonds is 3. The van der Waals surface area contributed by atoms with Crippen LogP contribution in [0.4, 0.5) is 0 Å². The molecule has 1 aliphatic heterocycles. The number of esters is 3. The van der Waals surface area contributed by atoms with Crippen LogP contribution in [-0.4, -0.2) is 24.5 Å². The van der Waals surface area contributed by atoms with Gasteiger partial charge in [0.1, 0.15) is 0 Å². The van der Waals surface area contributed by atoms with Gasteiger partial charge in [-0.15, -0.1) is 0 Å². The zero-order chi connectivity index (χ0) is 13.1. The van der Waals surface area contributed by atoms with E-state index < -0.39 is 17.9 Å². The summed E-state index contributed by atoms with van der Waals surface area (Å²) >= 11 is 0. The zero-order valence-electron chi connectivity index (χ0n) is 9.64. The molecule has 0 bridgehead atoms. The van der Waals surface area contributed by atoms with E-state index >= 15 is 0 Å². The number of fused-ring (bicyclic) bond motifs is 1. The predicted molar refractivity (Wildman–Crippen MR) is 61.9 cm³/mol. The fraction of sp³-hybridized carbons (Fsp3) is 0.154. The first-order chi connectivity index (χ1) is 8.61. The van der Waals surface area contributed by atoms with Crippen LogP contribution < -0.4 is 0 Å². The third kappa shape index (κ3) is 2.29. The number of carbonyl (C=O) groups is 3. The average molecular weight is 246 g/mol. The Balaban J connectivity index is 2.23. The smallest absolute Gasteiger partial charge is 0.346 e. The van der Waals surface area contributed by atoms with Gasteiger partial charge in [-0.25, -0.2) is 14.4 Å². The minimum Gasteiger partial charge on any atom is -0.463 e. The van der Waals surface area contributed by atoms with Gasteiger partial charge in [-0.1, -0.05) is 6.07 Å². The van der Waals surface area contributed by atoms with E-state index in [1.807, 2.05) is 0 Å². The van der Waals surface area contributed by atoms with Crippen molar-refractivity contribution in [1.82, 2.24) is 0 Å². The Morgan fingerprint density at radius 3 is 2.72 bits per heavy atom. The molecule has 0 unspecified atom stereocenters. The summed E-state index contributed by atoms with van der Waals surface area (Å²) < 4.78 is 9.18. The van der Waals surface area contributed by atoms with E-state index in [-0.39, 0.29) is 11.1 Å². The van der Waals surface area contributed by atoms with Gasteiger partial charge in [0.2, 0.25) is 0 Å². The van der Waals surface area contributed by atoms with Gasteiger partial charge in [0, 0.05) is 6.08 Å². The first kappa shape index (κ1) is 12.0. The number of cyclic esters (lactones) is 2. The second-order valence-electron chi connectivity index (χ2n) is 3.57. The predicted octanol–water partition coefficient (Wildman–Crippen LogP) is 1.57. The summed E-state index contributed by atoms with van der Waals surface area (Å²) in [4.78, 5) is 33.6. The fourth-order valence-electron chi connectivity index (χ4n) is 1.56. The molecule has 0 aliphatic carbocycles. The van der Waals surface area contributed by atoms with E-state index in [1.165, 1.54) is 24.3 Å². The van der Waals surface area contributed by atoms with Crippen molar-refractivity contribution in [2.45, 2.75) is 6.92 Å². The average Bonchev–Trinajstić information content (AvgIpc) is 2.63. The summed E-state index contributed by atoms with van der Waals surface area (Å²) in [6.07, 6.45) is 2.77. The second-order valence-corrected chi connectivity index (χ2v) is 3.57. The quantitative estimate of drug-likeness (QED) is 0.460. The monoisotopic (exact) mass is 246 g/mol. The van der Waals surface area contributed by atoms with Crippen molar-refractivity contribution in [3.8, 4) is 0 Å². The highest BCUT2D eigenvalue weighted by molar-refractivity contribution is 6.14. The molecule has 1 aliphatic rings. The molecule has 2 rings (SSSR count). The Hall–Kier alpha value is -2.43. The number of benzene rings is 1. The summed E-state index contributed by atoms with van der Waals surface area (Å²) in [6, 6.07) is 4.61. The number of hydrogen-bond acceptors (Lipinski definition) is 5. The maximum Gasteiger partial charge on any atom is 0.346 e. The first-order valence-electron chi connectivity index (χ1n) is 5.37. The minimum atomic E-state index is -0.665. The molecule has 92 valence electrons. The molecule has 0 aromatic heterocycles. The van der Waals surface area contributed by atoms with Crippen molar-refractivity contribution in [2.24, 2.45) is 0 Å². The van der Waals surface area contributed by atoms with Crippen LogP contribution in [0.1, 0.15) is 33.2 Å². The van der Waals surface area contributed by atoms with Crippen molar-refractivity contribution in [3.63, 3.8) is 0 Å². The third-order valence-corrected chi connectivity index (χ3v) is 2.37. The maximum absolute atomic E-state index is 11.3. The highest BCUT2D eigenvalue weighted by atomic mass is 16.6. The normalized spacial score (nSPS) is 13.6. The fourth-order valence-corrected chi connectivity index (χ4v) is 1.56. The van der Waals surface area contributed by atoms with Gasteiger partial charge in [-0.3, -0.25) is 0 Å². The Morgan fingerprint density at radius 1 is 1.28 bits per heavy atom. The second kappa shape index (κ2) is 4.83. The SMILES string of the molecule is CCOC(=O)C=Cc1ccc2c(c1)C(=O)OC2=O. The Labute approximate surface area is 103 Å². The van der Waals surface area contributed by atoms with Gasteiger partial charge < -0.3 is 9.47 Å². The van der Waals surface area contributed by atoms with E-state index in [9.17, 15) is 14.4 Å². The van der Waals surface area contributed by atoms with Crippen LogP contribution in [-0.2, 0) is 14.3 Å². The maximum atomic E-state index is 11.3. The molecular formula is C13H10O5. The molecular weight excluding hydrogens is 236 g/mol. The lowest BCUT2D eigenvalue weighted by molar-refractivity contribution is -0.137. The van der Waals surface area contributed by atoms with Crippen LogP contribution >= 0.6 is 0 Å². The number of ether oxygens (including phenoxy) is 2. The van der Waals surface area contributed by atoms with E-state index in [0.29, 0.717) is 12.2 Å². The van der Waals surface area contributed by atoms with E-state index in [1.54, 1.807) is 13.0 Å². The van der Waals surface area contributed by atoms with Crippen molar-refractivity contribution in [1.29, 1.82) is 0 Å². The number of hydrogen-bond donors (Lipinski definition) is 0. The largest absolute Gasteiger partial charge is 0.463 e. The van der Waals surface area contributed by atoms with Crippen LogP contribution in [0.15, 0.2) is 24.3 Å². The van der Waals surface area contributed by atoms with Crippen LogP contribution in [0.2, 0.25) is 0 Å². The van der Waals surface area contributed by atoms with Crippen molar-refractivity contribution < 1.29 is 23.9 Å². The summed E-state index contributed by atoms with van der Waals surface area (Å²) in [5, 5.41) is 0. The highest BCUT2D eigenvalue weighted by Crippen LogP contribution is 2.21. The van der Waals surface area contributed by atoms with E-state index in [2.05, 4.69) is 4.74 Å². The molecule has 0 saturated carbocycles. The minimum absolute atomic E-state index is 0.214. The Kier molecular flexibility index (Phi) is 3.23. The summed E-state index contributed by atoms with van der Waals surface area (Å²) in [5.74, 6) is -1.77. The lowest BCUT2D eigenvalue weighted by atomic mass is 10.1. The molecule has 1 aromatic carbocycles. The highest BCUT2D eigenvalue weighted by Gasteiger charge is 2.29. The zero-order valence-corrected chi connectivity index (χ0v) is 9.64. The molecule has 1 heterocycles. The van der Waals surface area contributed by atoms with Crippen LogP contribution in [0.25, 0.3) is 6.08 Å². The molecule has 0 spiro atoms. The molecule has 0 fully saturated rings. The van der Waals surface area contributed by atoms with E-state index in [4.69, 9.17) is 4.74 Å². The molecule has 0 radical (unpaired) electrons. The van der Waals surface area contributed by atoms with Gasteiger partial charge in [0.25, 0.3) is 0 Å². The van der Waals surface area contributed by atoms with Crippen LogP contribution in [0.3, 0.4) is 0 Å². The van der Waals surface area contributed by atoms with Gasteiger partial charge >= 0.3 is 17.9 Å². The van der Waals surface area contributed by atoms with Gasteiger partial charge in [-0.05, 0) is 30.7 Å². The number of carbonyl (C=O) groups excluding carboxylic acids is 3. The third-order valence-electron chi connectivity index (χ3n) is 2.37.